The van der Waals surface area contributed by atoms with Gasteiger partial charge in [-0.25, -0.2) is 4.98 Å². The highest BCUT2D eigenvalue weighted by Gasteiger charge is 2.17. The fourth-order valence-corrected chi connectivity index (χ4v) is 5.10. The molecule has 6 aromatic rings. The predicted molar refractivity (Wildman–Crippen MR) is 189 cm³/mol. The van der Waals surface area contributed by atoms with Crippen LogP contribution in [0.1, 0.15) is 44.4 Å². The number of aromatic amines is 1. The molecule has 47 heavy (non-hydrogen) atoms. The van der Waals surface area contributed by atoms with Crippen molar-refractivity contribution < 1.29 is 15.3 Å². The van der Waals surface area contributed by atoms with E-state index in [1.54, 1.807) is 18.5 Å². The van der Waals surface area contributed by atoms with Crippen LogP contribution in [0.4, 0.5) is 23.1 Å². The Labute approximate surface area is 280 Å². The average Bonchev–Trinajstić information content (AvgIpc) is 3.63. The number of hydrogen-bond donors (Lipinski definition) is 6. The van der Waals surface area contributed by atoms with Crippen molar-refractivity contribution in [2.75, 3.05) is 17.2 Å². The molecule has 0 aliphatic carbocycles. The van der Waals surface area contributed by atoms with Gasteiger partial charge in [-0.15, -0.1) is 5.11 Å². The summed E-state index contributed by atoms with van der Waals surface area (Å²) in [6.45, 7) is 8.54. The van der Waals surface area contributed by atoms with Gasteiger partial charge in [0, 0.05) is 28.0 Å². The van der Waals surface area contributed by atoms with Crippen molar-refractivity contribution in [3.05, 3.63) is 88.7 Å². The monoisotopic (exact) mass is 699 g/mol. The first-order chi connectivity index (χ1) is 22.7. The van der Waals surface area contributed by atoms with Crippen LogP contribution >= 0.6 is 15.9 Å². The number of para-hydroxylation sites is 1. The summed E-state index contributed by atoms with van der Waals surface area (Å²) in [4.78, 5) is 16.5. The zero-order chi connectivity index (χ0) is 33.5. The van der Waals surface area contributed by atoms with Crippen molar-refractivity contribution >= 4 is 61.1 Å². The molecule has 3 heterocycles. The summed E-state index contributed by atoms with van der Waals surface area (Å²) >= 11 is 3.39. The molecule has 0 aliphatic rings. The number of aromatic nitrogens is 5. The lowest BCUT2D eigenvalue weighted by atomic mass is 10.2. The number of benzene rings is 3. The number of aromatic hydroxyl groups is 2. The number of H-pyrrole nitrogens is 1. The zero-order valence-electron chi connectivity index (χ0n) is 26.6. The molecule has 0 unspecified atom stereocenters. The molecule has 13 heteroatoms. The number of fused-ring (bicyclic) bond motifs is 2. The van der Waals surface area contributed by atoms with Crippen LogP contribution in [0.15, 0.2) is 87.8 Å². The lowest BCUT2D eigenvalue weighted by Crippen LogP contribution is -2.24. The number of rotatable bonds is 10. The number of halogens is 1. The van der Waals surface area contributed by atoms with Crippen LogP contribution in [0.25, 0.3) is 22.1 Å². The summed E-state index contributed by atoms with van der Waals surface area (Å²) in [6, 6.07) is 20.6. The van der Waals surface area contributed by atoms with Crippen molar-refractivity contribution in [3.63, 3.8) is 0 Å². The summed E-state index contributed by atoms with van der Waals surface area (Å²) in [5, 5.41) is 45.0. The van der Waals surface area contributed by atoms with E-state index in [4.69, 9.17) is 0 Å². The van der Waals surface area contributed by atoms with Crippen LogP contribution in [0.2, 0.25) is 0 Å². The lowest BCUT2D eigenvalue weighted by Gasteiger charge is -2.16. The molecular formula is C34H38BrN9O3. The Balaban J connectivity index is 0.000000193. The van der Waals surface area contributed by atoms with E-state index in [-0.39, 0.29) is 30.3 Å². The van der Waals surface area contributed by atoms with Crippen LogP contribution in [0, 0.1) is 6.92 Å². The van der Waals surface area contributed by atoms with E-state index in [9.17, 15) is 15.3 Å². The van der Waals surface area contributed by atoms with Crippen LogP contribution in [0.5, 0.6) is 11.6 Å². The fourth-order valence-electron chi connectivity index (χ4n) is 4.74. The maximum Gasteiger partial charge on any atom is 0.227 e. The number of phenolic OH excluding ortho intramolecular Hbond substituents is 1. The molecule has 12 nitrogen and oxygen atoms in total. The Morgan fingerprint density at radius 2 is 1.77 bits per heavy atom. The summed E-state index contributed by atoms with van der Waals surface area (Å²) in [6.07, 6.45) is 2.50. The number of phenols is 1. The normalized spacial score (nSPS) is 12.1. The van der Waals surface area contributed by atoms with Gasteiger partial charge in [0.05, 0.1) is 30.2 Å². The summed E-state index contributed by atoms with van der Waals surface area (Å²) in [5.74, 6) is 1.27. The number of aryl methyl sites for hydroxylation is 1. The molecule has 244 valence electrons. The van der Waals surface area contributed by atoms with Crippen molar-refractivity contribution in [3.8, 4) is 11.6 Å². The molecule has 0 bridgehead atoms. The first kappa shape index (κ1) is 33.4. The SMILES string of the molecule is CC[C@H](CO)Nc1nc(NCc2ccccc2O)c2ncn(C(C)C)c2n1.Cc1ccc(N=Nc2c(O)[nH]c3cc(Br)ccc23)cc1. The lowest BCUT2D eigenvalue weighted by molar-refractivity contribution is 0.271. The van der Waals surface area contributed by atoms with Gasteiger partial charge in [0.15, 0.2) is 22.7 Å². The van der Waals surface area contributed by atoms with Crippen LogP contribution in [0.3, 0.4) is 0 Å². The third-order valence-corrected chi connectivity index (χ3v) is 7.97. The number of aliphatic hydroxyl groups is 1. The molecule has 1 atom stereocenters. The highest BCUT2D eigenvalue weighted by molar-refractivity contribution is 9.10. The first-order valence-electron chi connectivity index (χ1n) is 15.3. The molecule has 3 aromatic heterocycles. The number of aliphatic hydroxyl groups excluding tert-OH is 1. The summed E-state index contributed by atoms with van der Waals surface area (Å²) in [7, 11) is 0. The van der Waals surface area contributed by atoms with E-state index < -0.39 is 0 Å². The summed E-state index contributed by atoms with van der Waals surface area (Å²) in [5.41, 5.74) is 5.34. The van der Waals surface area contributed by atoms with Crippen molar-refractivity contribution in [1.29, 1.82) is 0 Å². The van der Waals surface area contributed by atoms with Crippen molar-refractivity contribution in [1.82, 2.24) is 24.5 Å². The Bertz CT molecular complexity index is 1980. The molecule has 0 aliphatic heterocycles. The van der Waals surface area contributed by atoms with E-state index in [1.807, 2.05) is 73.0 Å². The van der Waals surface area contributed by atoms with Gasteiger partial charge in [0.2, 0.25) is 11.8 Å². The Morgan fingerprint density at radius 1 is 1.00 bits per heavy atom. The number of imidazole rings is 1. The number of nitrogens with one attached hydrogen (secondary N) is 3. The third-order valence-electron chi connectivity index (χ3n) is 7.48. The Morgan fingerprint density at radius 3 is 2.47 bits per heavy atom. The molecule has 3 aromatic carbocycles. The van der Waals surface area contributed by atoms with Crippen LogP contribution < -0.4 is 10.6 Å². The minimum absolute atomic E-state index is 0.00197. The smallest absolute Gasteiger partial charge is 0.227 e. The maximum absolute atomic E-state index is 9.98. The molecule has 0 saturated carbocycles. The standard InChI is InChI=1S/C19H26N6O2.C15H12BrN3O/c1-4-14(10-26)22-19-23-17(20-9-13-7-5-6-8-15(13)27)16-18(24-19)25(11-21-16)12(2)3;1-9-2-5-11(6-3-9)18-19-14-12-7-4-10(16)8-13(12)17-15(14)20/h5-8,11-12,14,26-27H,4,9-10H2,1-3H3,(H2,20,22,23,24);2-8,17,20H,1H3/t14-;/m1./s1. The topological polar surface area (TPSA) is 169 Å². The number of hydrogen-bond acceptors (Lipinski definition) is 10. The first-order valence-corrected chi connectivity index (χ1v) is 16.1. The molecule has 6 N–H and O–H groups in total. The van der Waals surface area contributed by atoms with Gasteiger partial charge < -0.3 is 35.5 Å². The quantitative estimate of drug-likeness (QED) is 0.0776. The second kappa shape index (κ2) is 15.1. The van der Waals surface area contributed by atoms with Gasteiger partial charge >= 0.3 is 0 Å². The Kier molecular flexibility index (Phi) is 10.7. The minimum atomic E-state index is -0.121. The van der Waals surface area contributed by atoms with Gasteiger partial charge in [-0.2, -0.15) is 15.1 Å². The minimum Gasteiger partial charge on any atom is -0.508 e. The largest absolute Gasteiger partial charge is 0.508 e. The zero-order valence-corrected chi connectivity index (χ0v) is 28.2. The maximum atomic E-state index is 9.98. The van der Waals surface area contributed by atoms with Crippen LogP contribution in [-0.4, -0.2) is 52.5 Å². The highest BCUT2D eigenvalue weighted by Crippen LogP contribution is 2.37. The Hall–Kier alpha value is -5.01. The summed E-state index contributed by atoms with van der Waals surface area (Å²) < 4.78 is 2.92. The second-order valence-electron chi connectivity index (χ2n) is 11.3. The van der Waals surface area contributed by atoms with Gasteiger partial charge in [0.1, 0.15) is 5.75 Å². The second-order valence-corrected chi connectivity index (χ2v) is 12.2. The fraction of sp³-hybridized carbons (Fsp3) is 0.265. The molecule has 0 radical (unpaired) electrons. The van der Waals surface area contributed by atoms with Gasteiger partial charge in [-0.1, -0.05) is 58.7 Å². The predicted octanol–water partition coefficient (Wildman–Crippen LogP) is 8.27. The molecule has 0 amide bonds. The average molecular weight is 701 g/mol. The number of anilines is 2. The van der Waals surface area contributed by atoms with E-state index >= 15 is 0 Å². The van der Waals surface area contributed by atoms with E-state index in [2.05, 4.69) is 70.6 Å². The number of nitrogens with zero attached hydrogens (tertiary/aromatic N) is 6. The molecule has 0 spiro atoms. The van der Waals surface area contributed by atoms with Crippen LogP contribution in [-0.2, 0) is 6.54 Å². The molecule has 0 saturated heterocycles. The van der Waals surface area contributed by atoms with Gasteiger partial charge in [-0.3, -0.25) is 0 Å². The van der Waals surface area contributed by atoms with Gasteiger partial charge in [0.25, 0.3) is 0 Å². The van der Waals surface area contributed by atoms with E-state index in [0.717, 1.165) is 38.7 Å². The van der Waals surface area contributed by atoms with Gasteiger partial charge in [-0.05, 0) is 63.6 Å². The molecule has 0 fully saturated rings. The van der Waals surface area contributed by atoms with Crippen molar-refractivity contribution in [2.24, 2.45) is 10.2 Å². The third kappa shape index (κ3) is 8.05. The van der Waals surface area contributed by atoms with E-state index in [0.29, 0.717) is 29.5 Å². The van der Waals surface area contributed by atoms with Crippen molar-refractivity contribution in [2.45, 2.75) is 52.7 Å². The number of azo groups is 1. The van der Waals surface area contributed by atoms with E-state index in [1.165, 1.54) is 5.56 Å². The highest BCUT2D eigenvalue weighted by atomic mass is 79.9. The molecular weight excluding hydrogens is 662 g/mol. The molecule has 6 rings (SSSR count).